The van der Waals surface area contributed by atoms with Crippen molar-refractivity contribution in [3.8, 4) is 0 Å². The summed E-state index contributed by atoms with van der Waals surface area (Å²) >= 11 is 5.90. The summed E-state index contributed by atoms with van der Waals surface area (Å²) in [7, 11) is 2.12. The van der Waals surface area contributed by atoms with E-state index in [0.29, 0.717) is 34.1 Å². The van der Waals surface area contributed by atoms with Gasteiger partial charge in [-0.25, -0.2) is 4.79 Å². The summed E-state index contributed by atoms with van der Waals surface area (Å²) < 4.78 is 0. The number of hydrogen-bond donors (Lipinski definition) is 3. The Morgan fingerprint density at radius 3 is 2.05 bits per heavy atom. The van der Waals surface area contributed by atoms with Crippen LogP contribution in [-0.4, -0.2) is 59.1 Å². The molecule has 5 rings (SSSR count). The number of rotatable bonds is 7. The van der Waals surface area contributed by atoms with Crippen LogP contribution in [0.15, 0.2) is 78.9 Å². The van der Waals surface area contributed by atoms with Crippen molar-refractivity contribution in [1.82, 2.24) is 19.9 Å². The van der Waals surface area contributed by atoms with E-state index >= 15 is 0 Å². The lowest BCUT2D eigenvalue weighted by Gasteiger charge is -2.32. The van der Waals surface area contributed by atoms with Gasteiger partial charge in [-0.1, -0.05) is 48.0 Å². The maximum Gasteiger partial charge on any atom is 0.323 e. The van der Waals surface area contributed by atoms with E-state index in [1.165, 1.54) is 0 Å². The Labute approximate surface area is 232 Å². The van der Waals surface area contributed by atoms with Gasteiger partial charge in [0.05, 0.1) is 0 Å². The molecule has 2 heterocycles. The molecule has 9 nitrogen and oxygen atoms in total. The van der Waals surface area contributed by atoms with Gasteiger partial charge in [0.2, 0.25) is 11.9 Å². The molecule has 0 bridgehead atoms. The van der Waals surface area contributed by atoms with Gasteiger partial charge in [-0.05, 0) is 67.2 Å². The predicted molar refractivity (Wildman–Crippen MR) is 159 cm³/mol. The molecular formula is C29H29ClN8O. The average molecular weight is 541 g/mol. The maximum absolute atomic E-state index is 12.3. The highest BCUT2D eigenvalue weighted by Gasteiger charge is 2.18. The number of amides is 2. The molecule has 1 aliphatic rings. The van der Waals surface area contributed by atoms with Crippen LogP contribution in [0.3, 0.4) is 0 Å². The van der Waals surface area contributed by atoms with Gasteiger partial charge in [-0.15, -0.1) is 0 Å². The molecule has 1 fully saturated rings. The van der Waals surface area contributed by atoms with Gasteiger partial charge in [0.1, 0.15) is 0 Å². The molecule has 10 heteroatoms. The Morgan fingerprint density at radius 1 is 0.769 bits per heavy atom. The molecular weight excluding hydrogens is 512 g/mol. The smallest absolute Gasteiger partial charge is 0.323 e. The van der Waals surface area contributed by atoms with Crippen LogP contribution >= 0.6 is 11.6 Å². The van der Waals surface area contributed by atoms with Crippen LogP contribution < -0.4 is 20.9 Å². The van der Waals surface area contributed by atoms with Crippen LogP contribution in [-0.2, 0) is 0 Å². The van der Waals surface area contributed by atoms with Crippen LogP contribution in [0.2, 0.25) is 5.02 Å². The summed E-state index contributed by atoms with van der Waals surface area (Å²) in [6.07, 6.45) is 3.89. The first kappa shape index (κ1) is 26.1. The number of urea groups is 1. The normalized spacial score (nSPS) is 13.8. The summed E-state index contributed by atoms with van der Waals surface area (Å²) in [4.78, 5) is 30.9. The summed E-state index contributed by atoms with van der Waals surface area (Å²) in [5, 5.41) is 9.49. The van der Waals surface area contributed by atoms with Crippen LogP contribution in [0.25, 0.3) is 12.2 Å². The molecule has 0 spiro atoms. The molecule has 0 unspecified atom stereocenters. The standard InChI is InChI=1S/C29H29ClN8O/c1-37-17-19-38(20-18-37)28-35-26(16-7-21-5-3-2-4-6-21)34-27(36-28)31-23-12-14-25(15-13-23)33-29(39)32-24-10-8-22(30)9-11-24/h2-16H,17-20H2,1H3,(H2,32,33,39)(H,31,34,35,36)/b16-7+. The van der Waals surface area contributed by atoms with Crippen LogP contribution in [0.4, 0.5) is 33.8 Å². The molecule has 0 radical (unpaired) electrons. The Kier molecular flexibility index (Phi) is 8.30. The van der Waals surface area contributed by atoms with E-state index in [4.69, 9.17) is 21.6 Å². The van der Waals surface area contributed by atoms with Crippen molar-refractivity contribution < 1.29 is 4.79 Å². The summed E-state index contributed by atoms with van der Waals surface area (Å²) in [5.74, 6) is 1.67. The number of nitrogens with one attached hydrogen (secondary N) is 3. The zero-order valence-corrected chi connectivity index (χ0v) is 22.3. The number of anilines is 5. The third-order valence-corrected chi connectivity index (χ3v) is 6.40. The molecule has 4 aromatic rings. The largest absolute Gasteiger partial charge is 0.338 e. The Morgan fingerprint density at radius 2 is 1.38 bits per heavy atom. The van der Waals surface area contributed by atoms with Crippen molar-refractivity contribution in [1.29, 1.82) is 0 Å². The average Bonchev–Trinajstić information content (AvgIpc) is 2.95. The second kappa shape index (κ2) is 12.4. The van der Waals surface area contributed by atoms with Gasteiger partial charge in [0.15, 0.2) is 5.82 Å². The highest BCUT2D eigenvalue weighted by atomic mass is 35.5. The fraction of sp³-hybridized carbons (Fsp3) is 0.172. The zero-order chi connectivity index (χ0) is 27.0. The first-order valence-electron chi connectivity index (χ1n) is 12.6. The number of carbonyl (C=O) groups excluding carboxylic acids is 1. The molecule has 3 aromatic carbocycles. The van der Waals surface area contributed by atoms with Gasteiger partial charge in [-0.2, -0.15) is 15.0 Å². The fourth-order valence-electron chi connectivity index (χ4n) is 3.99. The van der Waals surface area contributed by atoms with E-state index in [0.717, 1.165) is 37.4 Å². The number of hydrogen-bond acceptors (Lipinski definition) is 7. The van der Waals surface area contributed by atoms with E-state index in [-0.39, 0.29) is 6.03 Å². The van der Waals surface area contributed by atoms with Crippen molar-refractivity contribution in [2.24, 2.45) is 0 Å². The summed E-state index contributed by atoms with van der Waals surface area (Å²) in [6.45, 7) is 3.59. The number of piperazine rings is 1. The highest BCUT2D eigenvalue weighted by Crippen LogP contribution is 2.21. The fourth-order valence-corrected chi connectivity index (χ4v) is 4.11. The van der Waals surface area contributed by atoms with Crippen molar-refractivity contribution >= 4 is 58.7 Å². The lowest BCUT2D eigenvalue weighted by atomic mass is 10.2. The molecule has 0 atom stereocenters. The predicted octanol–water partition coefficient (Wildman–Crippen LogP) is 5.83. The van der Waals surface area contributed by atoms with Crippen molar-refractivity contribution in [2.75, 3.05) is 54.1 Å². The second-order valence-corrected chi connectivity index (χ2v) is 9.58. The number of benzene rings is 3. The maximum atomic E-state index is 12.3. The van der Waals surface area contributed by atoms with E-state index < -0.39 is 0 Å². The molecule has 0 saturated carbocycles. The summed E-state index contributed by atoms with van der Waals surface area (Å²) in [6, 6.07) is 23.9. The minimum absolute atomic E-state index is 0.345. The van der Waals surface area contributed by atoms with Gasteiger partial charge >= 0.3 is 6.03 Å². The molecule has 1 saturated heterocycles. The SMILES string of the molecule is CN1CCN(c2nc(/C=C/c3ccccc3)nc(Nc3ccc(NC(=O)Nc4ccc(Cl)cc4)cc3)n2)CC1. The minimum atomic E-state index is -0.345. The van der Waals surface area contributed by atoms with Crippen molar-refractivity contribution in [2.45, 2.75) is 0 Å². The van der Waals surface area contributed by atoms with E-state index in [9.17, 15) is 4.79 Å². The molecule has 0 aliphatic carbocycles. The summed E-state index contributed by atoms with van der Waals surface area (Å²) in [5.41, 5.74) is 3.15. The molecule has 198 valence electrons. The molecule has 2 amide bonds. The number of carbonyl (C=O) groups is 1. The van der Waals surface area contributed by atoms with E-state index in [1.54, 1.807) is 24.3 Å². The van der Waals surface area contributed by atoms with Gasteiger partial charge < -0.3 is 25.8 Å². The monoisotopic (exact) mass is 540 g/mol. The second-order valence-electron chi connectivity index (χ2n) is 9.14. The van der Waals surface area contributed by atoms with Gasteiger partial charge in [0, 0.05) is 48.3 Å². The van der Waals surface area contributed by atoms with Gasteiger partial charge in [0.25, 0.3) is 0 Å². The topological polar surface area (TPSA) is 98.3 Å². The number of halogens is 1. The van der Waals surface area contributed by atoms with Crippen molar-refractivity contribution in [3.05, 3.63) is 95.3 Å². The van der Waals surface area contributed by atoms with Crippen molar-refractivity contribution in [3.63, 3.8) is 0 Å². The van der Waals surface area contributed by atoms with E-state index in [1.807, 2.05) is 66.7 Å². The third kappa shape index (κ3) is 7.53. The number of nitrogens with zero attached hydrogens (tertiary/aromatic N) is 5. The Balaban J connectivity index is 1.29. The number of likely N-dealkylation sites (N-methyl/N-ethyl adjacent to an activating group) is 1. The highest BCUT2D eigenvalue weighted by molar-refractivity contribution is 6.30. The third-order valence-electron chi connectivity index (χ3n) is 6.15. The first-order chi connectivity index (χ1) is 19.0. The Hall–Kier alpha value is -4.47. The van der Waals surface area contributed by atoms with Crippen LogP contribution in [0.1, 0.15) is 11.4 Å². The quantitative estimate of drug-likeness (QED) is 0.271. The Bertz CT molecular complexity index is 1420. The molecule has 1 aliphatic heterocycles. The lowest BCUT2D eigenvalue weighted by molar-refractivity contribution is 0.262. The molecule has 1 aromatic heterocycles. The van der Waals surface area contributed by atoms with Crippen LogP contribution in [0.5, 0.6) is 0 Å². The molecule has 39 heavy (non-hydrogen) atoms. The zero-order valence-electron chi connectivity index (χ0n) is 21.5. The lowest BCUT2D eigenvalue weighted by Crippen LogP contribution is -2.45. The van der Waals surface area contributed by atoms with E-state index in [2.05, 4.69) is 37.8 Å². The molecule has 3 N–H and O–H groups in total. The minimum Gasteiger partial charge on any atom is -0.338 e. The number of aromatic nitrogens is 3. The first-order valence-corrected chi connectivity index (χ1v) is 13.0. The van der Waals surface area contributed by atoms with Crippen LogP contribution in [0, 0.1) is 0 Å². The van der Waals surface area contributed by atoms with Gasteiger partial charge in [-0.3, -0.25) is 0 Å².